The number of aromatic nitrogens is 4. The van der Waals surface area contributed by atoms with E-state index in [1.165, 1.54) is 28.9 Å². The van der Waals surface area contributed by atoms with Gasteiger partial charge in [-0.3, -0.25) is 4.79 Å². The summed E-state index contributed by atoms with van der Waals surface area (Å²) in [4.78, 5) is 21.5. The van der Waals surface area contributed by atoms with Gasteiger partial charge in [0.2, 0.25) is 0 Å². The highest BCUT2D eigenvalue weighted by molar-refractivity contribution is 7.90. The molecule has 4 aromatic rings. The van der Waals surface area contributed by atoms with Crippen molar-refractivity contribution in [2.75, 3.05) is 5.32 Å². The Bertz CT molecular complexity index is 1370. The number of benzene rings is 1. The number of rotatable bonds is 6. The fourth-order valence-electron chi connectivity index (χ4n) is 3.04. The minimum atomic E-state index is -3.60. The molecule has 1 amide bonds. The zero-order valence-electron chi connectivity index (χ0n) is 18.4. The van der Waals surface area contributed by atoms with Crippen molar-refractivity contribution < 1.29 is 17.6 Å². The van der Waals surface area contributed by atoms with Gasteiger partial charge in [-0.1, -0.05) is 39.0 Å². The Morgan fingerprint density at radius 2 is 1.73 bits per heavy atom. The van der Waals surface area contributed by atoms with Crippen LogP contribution < -0.4 is 5.32 Å². The SMILES string of the molecule is CC(C)(C)c1cc(NC(=O)c2ccc(CS(=O)(=O)c3ccccc3)o2)n(-c2ncccn2)n1. The summed E-state index contributed by atoms with van der Waals surface area (Å²) >= 11 is 0. The first-order valence-corrected chi connectivity index (χ1v) is 11.8. The fraction of sp³-hybridized carbons (Fsp3) is 0.217. The van der Waals surface area contributed by atoms with Gasteiger partial charge in [-0.2, -0.15) is 9.78 Å². The zero-order chi connectivity index (χ0) is 23.6. The number of furan rings is 1. The minimum Gasteiger partial charge on any atom is -0.455 e. The molecule has 0 saturated carbocycles. The number of nitrogens with zero attached hydrogens (tertiary/aromatic N) is 4. The van der Waals surface area contributed by atoms with Crippen molar-refractivity contribution in [2.24, 2.45) is 0 Å². The second-order valence-electron chi connectivity index (χ2n) is 8.42. The first kappa shape index (κ1) is 22.4. The van der Waals surface area contributed by atoms with E-state index in [1.807, 2.05) is 20.8 Å². The molecule has 0 spiro atoms. The van der Waals surface area contributed by atoms with Crippen LogP contribution in [0, 0.1) is 0 Å². The maximum atomic E-state index is 12.9. The second kappa shape index (κ2) is 8.62. The molecule has 10 heteroatoms. The van der Waals surface area contributed by atoms with E-state index in [4.69, 9.17) is 4.42 Å². The summed E-state index contributed by atoms with van der Waals surface area (Å²) < 4.78 is 32.2. The predicted octanol–water partition coefficient (Wildman–Crippen LogP) is 3.78. The van der Waals surface area contributed by atoms with Gasteiger partial charge < -0.3 is 9.73 Å². The average Bonchev–Trinajstić information content (AvgIpc) is 3.42. The lowest BCUT2D eigenvalue weighted by Crippen LogP contribution is -2.16. The fourth-order valence-corrected chi connectivity index (χ4v) is 4.31. The van der Waals surface area contributed by atoms with Crippen LogP contribution in [-0.2, 0) is 21.0 Å². The molecule has 0 aliphatic rings. The highest BCUT2D eigenvalue weighted by Crippen LogP contribution is 2.26. The minimum absolute atomic E-state index is 0.0210. The third-order valence-corrected chi connectivity index (χ3v) is 6.44. The molecule has 3 aromatic heterocycles. The molecule has 0 atom stereocenters. The standard InChI is InChI=1S/C23H23N5O4S/c1-23(2,3)19-14-20(28(27-19)22-24-12-7-13-25-22)26-21(29)18-11-10-16(32-18)15-33(30,31)17-8-5-4-6-9-17/h4-14H,15H2,1-3H3,(H,26,29). The normalized spacial score (nSPS) is 12.0. The van der Waals surface area contributed by atoms with E-state index in [1.54, 1.807) is 42.7 Å². The number of hydrogen-bond acceptors (Lipinski definition) is 7. The van der Waals surface area contributed by atoms with Crippen LogP contribution in [-0.4, -0.2) is 34.1 Å². The molecule has 170 valence electrons. The predicted molar refractivity (Wildman–Crippen MR) is 122 cm³/mol. The molecule has 33 heavy (non-hydrogen) atoms. The van der Waals surface area contributed by atoms with Crippen molar-refractivity contribution in [3.05, 3.63) is 84.2 Å². The molecule has 1 aromatic carbocycles. The van der Waals surface area contributed by atoms with Gasteiger partial charge in [0.15, 0.2) is 15.6 Å². The van der Waals surface area contributed by atoms with Crippen LogP contribution in [0.15, 0.2) is 76.3 Å². The Balaban J connectivity index is 1.57. The summed E-state index contributed by atoms with van der Waals surface area (Å²) in [5.74, 6) is -0.0836. The number of carbonyl (C=O) groups excluding carboxylic acids is 1. The lowest BCUT2D eigenvalue weighted by atomic mass is 9.92. The summed E-state index contributed by atoms with van der Waals surface area (Å²) in [5, 5.41) is 7.32. The molecule has 0 unspecified atom stereocenters. The summed E-state index contributed by atoms with van der Waals surface area (Å²) in [6.45, 7) is 6.01. The monoisotopic (exact) mass is 465 g/mol. The first-order chi connectivity index (χ1) is 15.6. The molecule has 3 heterocycles. The van der Waals surface area contributed by atoms with Gasteiger partial charge in [0.05, 0.1) is 10.6 Å². The number of hydrogen-bond donors (Lipinski definition) is 1. The number of amides is 1. The topological polar surface area (TPSA) is 120 Å². The first-order valence-electron chi connectivity index (χ1n) is 10.2. The van der Waals surface area contributed by atoms with E-state index in [0.717, 1.165) is 5.69 Å². The van der Waals surface area contributed by atoms with E-state index in [-0.39, 0.29) is 27.6 Å². The van der Waals surface area contributed by atoms with Crippen LogP contribution >= 0.6 is 0 Å². The molecule has 0 bridgehead atoms. The molecule has 0 aliphatic heterocycles. The van der Waals surface area contributed by atoms with Crippen molar-refractivity contribution in [1.29, 1.82) is 0 Å². The number of sulfone groups is 1. The number of nitrogens with one attached hydrogen (secondary N) is 1. The molecule has 9 nitrogen and oxygen atoms in total. The largest absolute Gasteiger partial charge is 0.455 e. The van der Waals surface area contributed by atoms with E-state index < -0.39 is 15.7 Å². The van der Waals surface area contributed by atoms with Gasteiger partial charge in [0.1, 0.15) is 17.3 Å². The smallest absolute Gasteiger partial charge is 0.292 e. The maximum absolute atomic E-state index is 12.9. The summed E-state index contributed by atoms with van der Waals surface area (Å²) in [6.07, 6.45) is 3.16. The second-order valence-corrected chi connectivity index (χ2v) is 10.4. The molecule has 4 rings (SSSR count). The van der Waals surface area contributed by atoms with Crippen molar-refractivity contribution in [1.82, 2.24) is 19.7 Å². The molecule has 0 saturated heterocycles. The quantitative estimate of drug-likeness (QED) is 0.460. The highest BCUT2D eigenvalue weighted by atomic mass is 32.2. The maximum Gasteiger partial charge on any atom is 0.292 e. The Labute approximate surface area is 191 Å². The molecule has 0 radical (unpaired) electrons. The van der Waals surface area contributed by atoms with E-state index in [9.17, 15) is 13.2 Å². The molecule has 0 aliphatic carbocycles. The van der Waals surface area contributed by atoms with Crippen molar-refractivity contribution >= 4 is 21.6 Å². The highest BCUT2D eigenvalue weighted by Gasteiger charge is 2.24. The van der Waals surface area contributed by atoms with Gasteiger partial charge in [-0.25, -0.2) is 18.4 Å². The lowest BCUT2D eigenvalue weighted by molar-refractivity contribution is 0.0994. The van der Waals surface area contributed by atoms with Crippen LogP contribution in [0.4, 0.5) is 5.82 Å². The van der Waals surface area contributed by atoms with Crippen LogP contribution in [0.25, 0.3) is 5.95 Å². The lowest BCUT2D eigenvalue weighted by Gasteiger charge is -2.13. The van der Waals surface area contributed by atoms with Crippen molar-refractivity contribution in [2.45, 2.75) is 36.8 Å². The Morgan fingerprint density at radius 3 is 2.39 bits per heavy atom. The van der Waals surface area contributed by atoms with Gasteiger partial charge in [0.25, 0.3) is 11.9 Å². The van der Waals surface area contributed by atoms with Crippen LogP contribution in [0.3, 0.4) is 0 Å². The molecular formula is C23H23N5O4S. The Hall–Kier alpha value is -3.79. The summed E-state index contributed by atoms with van der Waals surface area (Å²) in [5.41, 5.74) is 0.461. The van der Waals surface area contributed by atoms with E-state index in [2.05, 4.69) is 20.4 Å². The van der Waals surface area contributed by atoms with Crippen LogP contribution in [0.1, 0.15) is 42.8 Å². The summed E-state index contributed by atoms with van der Waals surface area (Å²) in [6, 6.07) is 14.4. The van der Waals surface area contributed by atoms with Gasteiger partial charge in [-0.15, -0.1) is 0 Å². The van der Waals surface area contributed by atoms with Gasteiger partial charge in [0, 0.05) is 23.9 Å². The van der Waals surface area contributed by atoms with Gasteiger partial charge >= 0.3 is 0 Å². The van der Waals surface area contributed by atoms with Crippen molar-refractivity contribution in [3.8, 4) is 5.95 Å². The van der Waals surface area contributed by atoms with Crippen LogP contribution in [0.5, 0.6) is 0 Å². The zero-order valence-corrected chi connectivity index (χ0v) is 19.2. The average molecular weight is 466 g/mol. The third-order valence-electron chi connectivity index (χ3n) is 4.78. The summed E-state index contributed by atoms with van der Waals surface area (Å²) in [7, 11) is -3.60. The Morgan fingerprint density at radius 1 is 1.03 bits per heavy atom. The number of carbonyl (C=O) groups is 1. The Kier molecular flexibility index (Phi) is 5.86. The van der Waals surface area contributed by atoms with Crippen LogP contribution in [0.2, 0.25) is 0 Å². The molecule has 1 N–H and O–H groups in total. The van der Waals surface area contributed by atoms with Gasteiger partial charge in [-0.05, 0) is 30.3 Å². The molecular weight excluding hydrogens is 442 g/mol. The van der Waals surface area contributed by atoms with E-state index >= 15 is 0 Å². The third kappa shape index (κ3) is 5.01. The molecule has 0 fully saturated rings. The van der Waals surface area contributed by atoms with Crippen molar-refractivity contribution in [3.63, 3.8) is 0 Å². The van der Waals surface area contributed by atoms with E-state index in [0.29, 0.717) is 11.8 Å². The number of anilines is 1.